The molecule has 0 spiro atoms. The molecule has 5 nitrogen and oxygen atoms in total. The maximum Gasteiger partial charge on any atom is 0.311 e. The number of nitrogens with zero attached hydrogens (tertiary/aromatic N) is 2. The monoisotopic (exact) mass is 368 g/mol. The standard InChI is InChI=1S/C20H17ClN2O3/c1-22(17-9-7-16(21)8-10-17)18-11-12-19(23(24)25)20(13-18)26-14-15-5-3-2-4-6-15/h2-13H,14H2,1H3. The predicted molar refractivity (Wildman–Crippen MR) is 103 cm³/mol. The minimum absolute atomic E-state index is 0.0609. The van der Waals surface area contributed by atoms with Crippen molar-refractivity contribution < 1.29 is 9.66 Å². The molecule has 0 saturated heterocycles. The summed E-state index contributed by atoms with van der Waals surface area (Å²) in [5.41, 5.74) is 2.57. The van der Waals surface area contributed by atoms with Crippen molar-refractivity contribution in [1.82, 2.24) is 0 Å². The fraction of sp³-hybridized carbons (Fsp3) is 0.100. The van der Waals surface area contributed by atoms with Gasteiger partial charge in [0.2, 0.25) is 0 Å². The first-order chi connectivity index (χ1) is 12.5. The average molecular weight is 369 g/mol. The minimum Gasteiger partial charge on any atom is -0.482 e. The molecule has 0 unspecified atom stereocenters. The fourth-order valence-electron chi connectivity index (χ4n) is 2.53. The largest absolute Gasteiger partial charge is 0.482 e. The Morgan fingerprint density at radius 1 is 1.00 bits per heavy atom. The second-order valence-corrected chi connectivity index (χ2v) is 6.16. The van der Waals surface area contributed by atoms with E-state index in [1.165, 1.54) is 6.07 Å². The average Bonchev–Trinajstić information content (AvgIpc) is 2.67. The summed E-state index contributed by atoms with van der Waals surface area (Å²) in [6.07, 6.45) is 0. The van der Waals surface area contributed by atoms with Crippen LogP contribution in [0.25, 0.3) is 0 Å². The first kappa shape index (κ1) is 17.8. The molecule has 132 valence electrons. The molecule has 3 rings (SSSR count). The van der Waals surface area contributed by atoms with Crippen LogP contribution in [-0.2, 0) is 6.61 Å². The molecule has 0 atom stereocenters. The van der Waals surface area contributed by atoms with Crippen molar-refractivity contribution >= 4 is 28.7 Å². The van der Waals surface area contributed by atoms with Gasteiger partial charge in [0.15, 0.2) is 5.75 Å². The molecular formula is C20H17ClN2O3. The van der Waals surface area contributed by atoms with Gasteiger partial charge in [-0.2, -0.15) is 0 Å². The Kier molecular flexibility index (Phi) is 5.39. The first-order valence-electron chi connectivity index (χ1n) is 7.99. The summed E-state index contributed by atoms with van der Waals surface area (Å²) in [5.74, 6) is 0.233. The molecule has 0 N–H and O–H groups in total. The van der Waals surface area contributed by atoms with Crippen molar-refractivity contribution in [3.05, 3.63) is 93.5 Å². The van der Waals surface area contributed by atoms with Crippen molar-refractivity contribution in [2.45, 2.75) is 6.61 Å². The summed E-state index contributed by atoms with van der Waals surface area (Å²) in [6, 6.07) is 21.7. The molecule has 0 bridgehead atoms. The number of halogens is 1. The van der Waals surface area contributed by atoms with E-state index >= 15 is 0 Å². The molecule has 3 aromatic carbocycles. The van der Waals surface area contributed by atoms with Gasteiger partial charge in [-0.3, -0.25) is 10.1 Å². The van der Waals surface area contributed by atoms with Gasteiger partial charge < -0.3 is 9.64 Å². The van der Waals surface area contributed by atoms with Crippen LogP contribution in [0.2, 0.25) is 5.02 Å². The van der Waals surface area contributed by atoms with E-state index in [0.717, 1.165) is 16.9 Å². The molecule has 6 heteroatoms. The lowest BCUT2D eigenvalue weighted by Crippen LogP contribution is -2.10. The van der Waals surface area contributed by atoms with Gasteiger partial charge >= 0.3 is 5.69 Å². The van der Waals surface area contributed by atoms with Crippen LogP contribution in [-0.4, -0.2) is 12.0 Å². The van der Waals surface area contributed by atoms with Gasteiger partial charge in [-0.15, -0.1) is 0 Å². The summed E-state index contributed by atoms with van der Waals surface area (Å²) >= 11 is 5.93. The molecule has 0 saturated carbocycles. The highest BCUT2D eigenvalue weighted by atomic mass is 35.5. The van der Waals surface area contributed by atoms with Crippen LogP contribution >= 0.6 is 11.6 Å². The molecule has 0 aliphatic carbocycles. The Balaban J connectivity index is 1.88. The third kappa shape index (κ3) is 4.13. The molecule has 0 aromatic heterocycles. The van der Waals surface area contributed by atoms with Gasteiger partial charge in [-0.05, 0) is 35.9 Å². The van der Waals surface area contributed by atoms with Crippen LogP contribution in [0.3, 0.4) is 0 Å². The van der Waals surface area contributed by atoms with Gasteiger partial charge in [0.25, 0.3) is 0 Å². The van der Waals surface area contributed by atoms with Crippen LogP contribution < -0.4 is 9.64 Å². The van der Waals surface area contributed by atoms with E-state index in [9.17, 15) is 10.1 Å². The van der Waals surface area contributed by atoms with Crippen LogP contribution in [0.5, 0.6) is 5.75 Å². The second-order valence-electron chi connectivity index (χ2n) is 5.72. The molecule has 3 aromatic rings. The smallest absolute Gasteiger partial charge is 0.311 e. The third-order valence-corrected chi connectivity index (χ3v) is 4.23. The summed E-state index contributed by atoms with van der Waals surface area (Å²) in [6.45, 7) is 0.260. The number of rotatable bonds is 6. The number of nitro benzene ring substituents is 1. The quantitative estimate of drug-likeness (QED) is 0.420. The van der Waals surface area contributed by atoms with E-state index in [-0.39, 0.29) is 18.0 Å². The van der Waals surface area contributed by atoms with Crippen molar-refractivity contribution in [1.29, 1.82) is 0 Å². The van der Waals surface area contributed by atoms with Crippen LogP contribution in [0.4, 0.5) is 17.1 Å². The van der Waals surface area contributed by atoms with E-state index in [2.05, 4.69) is 0 Å². The summed E-state index contributed by atoms with van der Waals surface area (Å²) in [5, 5.41) is 12.0. The summed E-state index contributed by atoms with van der Waals surface area (Å²) in [4.78, 5) is 12.8. The zero-order valence-electron chi connectivity index (χ0n) is 14.1. The maximum atomic E-state index is 11.3. The molecule has 0 amide bonds. The molecular weight excluding hydrogens is 352 g/mol. The molecule has 0 heterocycles. The van der Waals surface area contributed by atoms with E-state index in [4.69, 9.17) is 16.3 Å². The highest BCUT2D eigenvalue weighted by Crippen LogP contribution is 2.34. The molecule has 0 radical (unpaired) electrons. The van der Waals surface area contributed by atoms with Gasteiger partial charge in [-0.1, -0.05) is 41.9 Å². The normalized spacial score (nSPS) is 10.4. The van der Waals surface area contributed by atoms with Crippen molar-refractivity contribution in [3.63, 3.8) is 0 Å². The summed E-state index contributed by atoms with van der Waals surface area (Å²) < 4.78 is 5.74. The number of benzene rings is 3. The lowest BCUT2D eigenvalue weighted by atomic mass is 10.2. The topological polar surface area (TPSA) is 55.6 Å². The zero-order chi connectivity index (χ0) is 18.5. The van der Waals surface area contributed by atoms with Gasteiger partial charge in [0.05, 0.1) is 4.92 Å². The van der Waals surface area contributed by atoms with Gasteiger partial charge in [0, 0.05) is 35.6 Å². The van der Waals surface area contributed by atoms with E-state index in [1.54, 1.807) is 24.3 Å². The predicted octanol–water partition coefficient (Wildman–Crippen LogP) is 5.60. The Morgan fingerprint density at radius 3 is 2.31 bits per heavy atom. The number of hydrogen-bond donors (Lipinski definition) is 0. The van der Waals surface area contributed by atoms with Crippen molar-refractivity contribution in [3.8, 4) is 5.75 Å². The molecule has 0 aliphatic heterocycles. The zero-order valence-corrected chi connectivity index (χ0v) is 14.9. The Hall–Kier alpha value is -3.05. The summed E-state index contributed by atoms with van der Waals surface area (Å²) in [7, 11) is 1.88. The third-order valence-electron chi connectivity index (χ3n) is 3.98. The van der Waals surface area contributed by atoms with E-state index < -0.39 is 4.92 Å². The van der Waals surface area contributed by atoms with Gasteiger partial charge in [-0.25, -0.2) is 0 Å². The highest BCUT2D eigenvalue weighted by Gasteiger charge is 2.17. The second kappa shape index (κ2) is 7.89. The SMILES string of the molecule is CN(c1ccc(Cl)cc1)c1ccc([N+](=O)[O-])c(OCc2ccccc2)c1. The molecule has 26 heavy (non-hydrogen) atoms. The number of ether oxygens (including phenoxy) is 1. The number of anilines is 2. The van der Waals surface area contributed by atoms with Crippen molar-refractivity contribution in [2.24, 2.45) is 0 Å². The maximum absolute atomic E-state index is 11.3. The van der Waals surface area contributed by atoms with Crippen LogP contribution in [0, 0.1) is 10.1 Å². The van der Waals surface area contributed by atoms with Crippen LogP contribution in [0.1, 0.15) is 5.56 Å². The van der Waals surface area contributed by atoms with E-state index in [0.29, 0.717) is 5.02 Å². The fourth-order valence-corrected chi connectivity index (χ4v) is 2.65. The number of nitro groups is 1. The first-order valence-corrected chi connectivity index (χ1v) is 8.37. The van der Waals surface area contributed by atoms with Crippen molar-refractivity contribution in [2.75, 3.05) is 11.9 Å². The molecule has 0 aliphatic rings. The lowest BCUT2D eigenvalue weighted by molar-refractivity contribution is -0.385. The minimum atomic E-state index is -0.438. The Labute approximate surface area is 156 Å². The highest BCUT2D eigenvalue weighted by molar-refractivity contribution is 6.30. The van der Waals surface area contributed by atoms with Gasteiger partial charge in [0.1, 0.15) is 6.61 Å². The Bertz CT molecular complexity index is 899. The Morgan fingerprint density at radius 2 is 1.65 bits per heavy atom. The lowest BCUT2D eigenvalue weighted by Gasteiger charge is -2.20. The molecule has 0 fully saturated rings. The number of hydrogen-bond acceptors (Lipinski definition) is 4. The van der Waals surface area contributed by atoms with E-state index in [1.807, 2.05) is 54.4 Å². The van der Waals surface area contributed by atoms with Crippen LogP contribution in [0.15, 0.2) is 72.8 Å².